The summed E-state index contributed by atoms with van der Waals surface area (Å²) in [5.74, 6) is -0.321. The summed E-state index contributed by atoms with van der Waals surface area (Å²) in [7, 11) is 0. The molecule has 0 amide bonds. The van der Waals surface area contributed by atoms with E-state index in [0.29, 0.717) is 12.5 Å². The Morgan fingerprint density at radius 2 is 2.06 bits per heavy atom. The molecule has 4 heteroatoms. The number of rotatable bonds is 4. The molecule has 1 aliphatic rings. The average Bonchev–Trinajstić information content (AvgIpc) is 2.28. The van der Waals surface area contributed by atoms with Crippen LogP contribution in [0.25, 0.3) is 0 Å². The van der Waals surface area contributed by atoms with Crippen molar-refractivity contribution < 1.29 is 9.90 Å². The zero-order chi connectivity index (χ0) is 13.0. The van der Waals surface area contributed by atoms with E-state index in [1.54, 1.807) is 0 Å². The summed E-state index contributed by atoms with van der Waals surface area (Å²) in [6.45, 7) is 1.62. The number of hydrogen-bond acceptors (Lipinski definition) is 3. The molecule has 0 bridgehead atoms. The van der Waals surface area contributed by atoms with Gasteiger partial charge in [-0.15, -0.1) is 0 Å². The number of carboxylic acid groups (broad SMARTS) is 1. The third kappa shape index (κ3) is 3.82. The Hall–Kier alpha value is -1.39. The summed E-state index contributed by atoms with van der Waals surface area (Å²) in [6.07, 6.45) is 1.95. The summed E-state index contributed by atoms with van der Waals surface area (Å²) < 4.78 is 0. The molecule has 2 atom stereocenters. The van der Waals surface area contributed by atoms with Crippen LogP contribution in [0.4, 0.5) is 0 Å². The lowest BCUT2D eigenvalue weighted by Crippen LogP contribution is -2.49. The summed E-state index contributed by atoms with van der Waals surface area (Å²) in [5, 5.41) is 8.85. The van der Waals surface area contributed by atoms with E-state index in [0.717, 1.165) is 19.4 Å². The van der Waals surface area contributed by atoms with Crippen LogP contribution in [0, 0.1) is 5.92 Å². The Morgan fingerprint density at radius 1 is 1.33 bits per heavy atom. The molecule has 0 radical (unpaired) electrons. The van der Waals surface area contributed by atoms with Crippen molar-refractivity contribution in [2.45, 2.75) is 18.9 Å². The predicted octanol–water partition coefficient (Wildman–Crippen LogP) is 0.963. The van der Waals surface area contributed by atoms with Crippen LogP contribution in [0.5, 0.6) is 0 Å². The molecule has 2 rings (SSSR count). The Balaban J connectivity index is 1.94. The molecular formula is C14H20N2O2. The molecule has 0 saturated carbocycles. The SMILES string of the molecule is NC1CC(Cc2ccccc2)CN(CC(=O)O)C1. The van der Waals surface area contributed by atoms with Crippen LogP contribution in [-0.2, 0) is 11.2 Å². The topological polar surface area (TPSA) is 66.6 Å². The van der Waals surface area contributed by atoms with Crippen LogP contribution in [0.3, 0.4) is 0 Å². The second-order valence-electron chi connectivity index (χ2n) is 5.14. The maximum Gasteiger partial charge on any atom is 0.317 e. The Kier molecular flexibility index (Phi) is 4.33. The van der Waals surface area contributed by atoms with Crippen LogP contribution < -0.4 is 5.73 Å². The van der Waals surface area contributed by atoms with Gasteiger partial charge in [0.15, 0.2) is 0 Å². The fourth-order valence-electron chi connectivity index (χ4n) is 2.76. The van der Waals surface area contributed by atoms with Crippen LogP contribution in [0.2, 0.25) is 0 Å². The van der Waals surface area contributed by atoms with Gasteiger partial charge in [-0.2, -0.15) is 0 Å². The molecule has 0 aliphatic carbocycles. The highest BCUT2D eigenvalue weighted by Gasteiger charge is 2.26. The van der Waals surface area contributed by atoms with Gasteiger partial charge >= 0.3 is 5.97 Å². The molecule has 18 heavy (non-hydrogen) atoms. The number of piperidine rings is 1. The highest BCUT2D eigenvalue weighted by Crippen LogP contribution is 2.20. The van der Waals surface area contributed by atoms with Gasteiger partial charge in [0.1, 0.15) is 0 Å². The molecule has 98 valence electrons. The molecule has 0 aromatic heterocycles. The van der Waals surface area contributed by atoms with Crippen LogP contribution in [0.1, 0.15) is 12.0 Å². The molecule has 1 aromatic rings. The molecule has 1 fully saturated rings. The van der Waals surface area contributed by atoms with E-state index >= 15 is 0 Å². The van der Waals surface area contributed by atoms with E-state index in [1.807, 2.05) is 23.1 Å². The number of carbonyl (C=O) groups is 1. The molecule has 0 spiro atoms. The second kappa shape index (κ2) is 5.98. The van der Waals surface area contributed by atoms with Crippen molar-refractivity contribution in [2.24, 2.45) is 11.7 Å². The van der Waals surface area contributed by atoms with E-state index in [2.05, 4.69) is 12.1 Å². The number of carboxylic acids is 1. The van der Waals surface area contributed by atoms with Crippen LogP contribution in [-0.4, -0.2) is 41.7 Å². The van der Waals surface area contributed by atoms with E-state index in [4.69, 9.17) is 10.8 Å². The highest BCUT2D eigenvalue weighted by molar-refractivity contribution is 5.69. The average molecular weight is 248 g/mol. The highest BCUT2D eigenvalue weighted by atomic mass is 16.4. The number of nitrogens with zero attached hydrogens (tertiary/aromatic N) is 1. The van der Waals surface area contributed by atoms with Crippen molar-refractivity contribution in [3.63, 3.8) is 0 Å². The standard InChI is InChI=1S/C14H20N2O2/c15-13-7-12(6-11-4-2-1-3-5-11)8-16(9-13)10-14(17)18/h1-5,12-13H,6-10,15H2,(H,17,18). The quantitative estimate of drug-likeness (QED) is 0.833. The first-order chi connectivity index (χ1) is 8.63. The number of benzene rings is 1. The van der Waals surface area contributed by atoms with Gasteiger partial charge in [0.2, 0.25) is 0 Å². The van der Waals surface area contributed by atoms with Crippen molar-refractivity contribution in [3.05, 3.63) is 35.9 Å². The second-order valence-corrected chi connectivity index (χ2v) is 5.14. The Bertz CT molecular complexity index is 394. The lowest BCUT2D eigenvalue weighted by molar-refractivity contribution is -0.138. The van der Waals surface area contributed by atoms with Crippen molar-refractivity contribution in [1.82, 2.24) is 4.90 Å². The summed E-state index contributed by atoms with van der Waals surface area (Å²) in [6, 6.07) is 10.4. The molecule has 1 aromatic carbocycles. The van der Waals surface area contributed by atoms with Gasteiger partial charge in [-0.1, -0.05) is 30.3 Å². The van der Waals surface area contributed by atoms with Gasteiger partial charge in [-0.25, -0.2) is 0 Å². The van der Waals surface area contributed by atoms with E-state index < -0.39 is 5.97 Å². The normalized spacial score (nSPS) is 24.9. The summed E-state index contributed by atoms with van der Waals surface area (Å²) in [4.78, 5) is 12.7. The van der Waals surface area contributed by atoms with Gasteiger partial charge in [0.25, 0.3) is 0 Å². The number of aliphatic carboxylic acids is 1. The molecule has 1 heterocycles. The van der Waals surface area contributed by atoms with E-state index in [9.17, 15) is 4.79 Å². The van der Waals surface area contributed by atoms with Crippen molar-refractivity contribution >= 4 is 5.97 Å². The fraction of sp³-hybridized carbons (Fsp3) is 0.500. The largest absolute Gasteiger partial charge is 0.480 e. The van der Waals surface area contributed by atoms with Gasteiger partial charge in [0.05, 0.1) is 6.54 Å². The maximum atomic E-state index is 10.8. The summed E-state index contributed by atoms with van der Waals surface area (Å²) >= 11 is 0. The third-order valence-corrected chi connectivity index (χ3v) is 3.37. The summed E-state index contributed by atoms with van der Waals surface area (Å²) in [5.41, 5.74) is 7.31. The first-order valence-electron chi connectivity index (χ1n) is 6.37. The lowest BCUT2D eigenvalue weighted by Gasteiger charge is -2.35. The lowest BCUT2D eigenvalue weighted by atomic mass is 9.89. The van der Waals surface area contributed by atoms with Gasteiger partial charge in [0, 0.05) is 19.1 Å². The minimum atomic E-state index is -0.775. The van der Waals surface area contributed by atoms with Gasteiger partial charge in [-0.3, -0.25) is 9.69 Å². The zero-order valence-corrected chi connectivity index (χ0v) is 10.5. The smallest absolute Gasteiger partial charge is 0.317 e. The first-order valence-corrected chi connectivity index (χ1v) is 6.37. The molecule has 1 saturated heterocycles. The molecule has 3 N–H and O–H groups in total. The predicted molar refractivity (Wildman–Crippen MR) is 70.3 cm³/mol. The monoisotopic (exact) mass is 248 g/mol. The first kappa shape index (κ1) is 13.1. The van der Waals surface area contributed by atoms with E-state index in [-0.39, 0.29) is 12.6 Å². The number of nitrogens with two attached hydrogens (primary N) is 1. The van der Waals surface area contributed by atoms with Crippen molar-refractivity contribution in [1.29, 1.82) is 0 Å². The Morgan fingerprint density at radius 3 is 2.72 bits per heavy atom. The maximum absolute atomic E-state index is 10.8. The fourth-order valence-corrected chi connectivity index (χ4v) is 2.76. The number of hydrogen-bond donors (Lipinski definition) is 2. The van der Waals surface area contributed by atoms with E-state index in [1.165, 1.54) is 5.56 Å². The zero-order valence-electron chi connectivity index (χ0n) is 10.5. The number of likely N-dealkylation sites (tertiary alicyclic amines) is 1. The van der Waals surface area contributed by atoms with Gasteiger partial charge < -0.3 is 10.8 Å². The minimum Gasteiger partial charge on any atom is -0.480 e. The van der Waals surface area contributed by atoms with Crippen molar-refractivity contribution in [3.8, 4) is 0 Å². The van der Waals surface area contributed by atoms with Crippen molar-refractivity contribution in [2.75, 3.05) is 19.6 Å². The van der Waals surface area contributed by atoms with Gasteiger partial charge in [-0.05, 0) is 24.3 Å². The molecular weight excluding hydrogens is 228 g/mol. The minimum absolute atomic E-state index is 0.0896. The Labute approximate surface area is 107 Å². The molecule has 2 unspecified atom stereocenters. The van der Waals surface area contributed by atoms with Crippen LogP contribution >= 0.6 is 0 Å². The molecule has 4 nitrogen and oxygen atoms in total. The molecule has 1 aliphatic heterocycles. The van der Waals surface area contributed by atoms with Crippen LogP contribution in [0.15, 0.2) is 30.3 Å². The third-order valence-electron chi connectivity index (χ3n) is 3.37.